The van der Waals surface area contributed by atoms with Gasteiger partial charge in [0.25, 0.3) is 5.91 Å². The summed E-state index contributed by atoms with van der Waals surface area (Å²) >= 11 is 0. The van der Waals surface area contributed by atoms with Crippen molar-refractivity contribution in [1.29, 1.82) is 0 Å². The minimum Gasteiger partial charge on any atom is -0.331 e. The highest BCUT2D eigenvalue weighted by Gasteiger charge is 2.30. The van der Waals surface area contributed by atoms with Gasteiger partial charge >= 0.3 is 6.18 Å². The number of fused-ring (bicyclic) bond motifs is 1. The Labute approximate surface area is 170 Å². The van der Waals surface area contributed by atoms with Gasteiger partial charge in [0.2, 0.25) is 0 Å². The number of hydrogen-bond acceptors (Lipinski definition) is 3. The monoisotopic (exact) mass is 413 g/mol. The molecule has 1 aliphatic rings. The van der Waals surface area contributed by atoms with Crippen LogP contribution in [0.4, 0.5) is 19.0 Å². The Bertz CT molecular complexity index is 1120. The van der Waals surface area contributed by atoms with E-state index in [-0.39, 0.29) is 18.2 Å². The van der Waals surface area contributed by atoms with Crippen LogP contribution in [0.15, 0.2) is 55.0 Å². The lowest BCUT2D eigenvalue weighted by atomic mass is 9.89. The number of ketones is 1. The summed E-state index contributed by atoms with van der Waals surface area (Å²) in [5, 5.41) is 2.70. The topological polar surface area (TPSA) is 64.0 Å². The molecule has 1 aromatic heterocycles. The van der Waals surface area contributed by atoms with Gasteiger partial charge in [-0.05, 0) is 47.4 Å². The standard InChI is InChI=1S/C22H18F3N3O2/c23-22(24,25)18-3-1-2-14(8-18)11-28-12-20(26-13-28)27-21(30)17-5-4-16-10-19(29)7-6-15(16)9-17/h1-5,8-9,12-13H,6-7,10-11H2,(H,27,30). The highest BCUT2D eigenvalue weighted by molar-refractivity contribution is 6.04. The van der Waals surface area contributed by atoms with E-state index >= 15 is 0 Å². The number of anilines is 1. The second kappa shape index (κ2) is 7.78. The Balaban J connectivity index is 1.44. The average Bonchev–Trinajstić information content (AvgIpc) is 3.13. The van der Waals surface area contributed by atoms with E-state index in [2.05, 4.69) is 10.3 Å². The normalized spacial score (nSPS) is 13.8. The van der Waals surface area contributed by atoms with Gasteiger partial charge in [-0.2, -0.15) is 13.2 Å². The number of hydrogen-bond donors (Lipinski definition) is 1. The molecule has 0 fully saturated rings. The third kappa shape index (κ3) is 4.42. The number of imidazole rings is 1. The summed E-state index contributed by atoms with van der Waals surface area (Å²) in [6.45, 7) is 0.194. The number of alkyl halides is 3. The first-order valence-corrected chi connectivity index (χ1v) is 9.41. The molecular formula is C22H18F3N3O2. The summed E-state index contributed by atoms with van der Waals surface area (Å²) in [5.41, 5.74) is 2.19. The van der Waals surface area contributed by atoms with Crippen LogP contribution in [0.2, 0.25) is 0 Å². The fourth-order valence-electron chi connectivity index (χ4n) is 3.50. The van der Waals surface area contributed by atoms with E-state index in [0.29, 0.717) is 36.2 Å². The smallest absolute Gasteiger partial charge is 0.331 e. The molecule has 0 unspecified atom stereocenters. The molecule has 5 nitrogen and oxygen atoms in total. The van der Waals surface area contributed by atoms with E-state index in [0.717, 1.165) is 23.3 Å². The third-order valence-electron chi connectivity index (χ3n) is 5.02. The van der Waals surface area contributed by atoms with Gasteiger partial charge in [0.05, 0.1) is 11.9 Å². The number of carbonyl (C=O) groups is 2. The van der Waals surface area contributed by atoms with Gasteiger partial charge in [-0.15, -0.1) is 0 Å². The van der Waals surface area contributed by atoms with Gasteiger partial charge in [0.1, 0.15) is 5.78 Å². The van der Waals surface area contributed by atoms with Crippen molar-refractivity contribution in [3.8, 4) is 0 Å². The molecule has 0 aliphatic heterocycles. The minimum absolute atomic E-state index is 0.194. The van der Waals surface area contributed by atoms with E-state index in [1.165, 1.54) is 12.4 Å². The van der Waals surface area contributed by atoms with Crippen LogP contribution < -0.4 is 5.32 Å². The number of aromatic nitrogens is 2. The zero-order valence-electron chi connectivity index (χ0n) is 15.9. The first-order valence-electron chi connectivity index (χ1n) is 9.41. The predicted molar refractivity (Wildman–Crippen MR) is 104 cm³/mol. The molecular weight excluding hydrogens is 395 g/mol. The lowest BCUT2D eigenvalue weighted by Gasteiger charge is -2.15. The van der Waals surface area contributed by atoms with Crippen molar-refractivity contribution in [2.75, 3.05) is 5.32 Å². The molecule has 3 aromatic rings. The molecule has 0 saturated heterocycles. The fraction of sp³-hybridized carbons (Fsp3) is 0.227. The lowest BCUT2D eigenvalue weighted by Crippen LogP contribution is -2.16. The average molecular weight is 413 g/mol. The molecule has 1 aliphatic carbocycles. The Morgan fingerprint density at radius 1 is 1.10 bits per heavy atom. The molecule has 0 radical (unpaired) electrons. The SMILES string of the molecule is O=C1CCc2cc(C(=O)Nc3cn(Cc4cccc(C(F)(F)F)c4)cn3)ccc2C1. The number of amides is 1. The molecule has 0 bridgehead atoms. The van der Waals surface area contributed by atoms with E-state index in [1.54, 1.807) is 35.0 Å². The van der Waals surface area contributed by atoms with Crippen molar-refractivity contribution in [2.45, 2.75) is 32.0 Å². The van der Waals surface area contributed by atoms with E-state index < -0.39 is 11.7 Å². The quantitative estimate of drug-likeness (QED) is 0.695. The van der Waals surface area contributed by atoms with Gasteiger partial charge < -0.3 is 9.88 Å². The maximum absolute atomic E-state index is 12.9. The molecule has 0 saturated carbocycles. The lowest BCUT2D eigenvalue weighted by molar-refractivity contribution is -0.137. The van der Waals surface area contributed by atoms with E-state index in [1.807, 2.05) is 0 Å². The van der Waals surface area contributed by atoms with E-state index in [9.17, 15) is 22.8 Å². The van der Waals surface area contributed by atoms with Crippen LogP contribution in [0.5, 0.6) is 0 Å². The summed E-state index contributed by atoms with van der Waals surface area (Å²) in [6.07, 6.45) is 0.131. The van der Waals surface area contributed by atoms with Crippen molar-refractivity contribution in [3.63, 3.8) is 0 Å². The maximum Gasteiger partial charge on any atom is 0.416 e. The van der Waals surface area contributed by atoms with Crippen LogP contribution in [-0.4, -0.2) is 21.2 Å². The zero-order valence-corrected chi connectivity index (χ0v) is 15.9. The largest absolute Gasteiger partial charge is 0.416 e. The van der Waals surface area contributed by atoms with Gasteiger partial charge in [0, 0.05) is 31.1 Å². The van der Waals surface area contributed by atoms with Crippen LogP contribution in [-0.2, 0) is 30.4 Å². The molecule has 1 N–H and O–H groups in total. The minimum atomic E-state index is -4.40. The molecule has 2 aromatic carbocycles. The van der Waals surface area contributed by atoms with E-state index in [4.69, 9.17) is 0 Å². The highest BCUT2D eigenvalue weighted by atomic mass is 19.4. The third-order valence-corrected chi connectivity index (χ3v) is 5.02. The zero-order chi connectivity index (χ0) is 21.3. The molecule has 1 amide bonds. The Hall–Kier alpha value is -3.42. The number of rotatable bonds is 4. The molecule has 1 heterocycles. The second-order valence-corrected chi connectivity index (χ2v) is 7.28. The number of benzene rings is 2. The number of nitrogens with one attached hydrogen (secondary N) is 1. The Morgan fingerprint density at radius 2 is 1.93 bits per heavy atom. The summed E-state index contributed by atoms with van der Waals surface area (Å²) in [6, 6.07) is 10.3. The van der Waals surface area contributed by atoms with Gasteiger partial charge in [-0.1, -0.05) is 18.2 Å². The van der Waals surface area contributed by atoms with Crippen LogP contribution in [0.1, 0.15) is 39.0 Å². The Kier molecular flexibility index (Phi) is 5.15. The molecule has 8 heteroatoms. The van der Waals surface area contributed by atoms with Crippen LogP contribution in [0.25, 0.3) is 0 Å². The van der Waals surface area contributed by atoms with Crippen LogP contribution >= 0.6 is 0 Å². The summed E-state index contributed by atoms with van der Waals surface area (Å²) in [4.78, 5) is 28.2. The molecule has 4 rings (SSSR count). The molecule has 0 spiro atoms. The van der Waals surface area contributed by atoms with Crippen molar-refractivity contribution in [2.24, 2.45) is 0 Å². The fourth-order valence-corrected chi connectivity index (χ4v) is 3.50. The highest BCUT2D eigenvalue weighted by Crippen LogP contribution is 2.29. The Morgan fingerprint density at radius 3 is 2.73 bits per heavy atom. The second-order valence-electron chi connectivity index (χ2n) is 7.28. The van der Waals surface area contributed by atoms with Crippen molar-refractivity contribution in [1.82, 2.24) is 9.55 Å². The number of nitrogens with zero attached hydrogens (tertiary/aromatic N) is 2. The molecule has 30 heavy (non-hydrogen) atoms. The van der Waals surface area contributed by atoms with Gasteiger partial charge in [0.15, 0.2) is 5.82 Å². The predicted octanol–water partition coefficient (Wildman–Crippen LogP) is 4.26. The van der Waals surface area contributed by atoms with Gasteiger partial charge in [-0.25, -0.2) is 4.98 Å². The van der Waals surface area contributed by atoms with Crippen molar-refractivity contribution in [3.05, 3.63) is 82.8 Å². The van der Waals surface area contributed by atoms with Crippen molar-refractivity contribution >= 4 is 17.5 Å². The summed E-state index contributed by atoms with van der Waals surface area (Å²) in [5.74, 6) is 0.171. The number of aryl methyl sites for hydroxylation is 1. The van der Waals surface area contributed by atoms with Crippen LogP contribution in [0, 0.1) is 0 Å². The summed E-state index contributed by atoms with van der Waals surface area (Å²) in [7, 11) is 0. The molecule has 154 valence electrons. The maximum atomic E-state index is 12.9. The first-order chi connectivity index (χ1) is 14.3. The first kappa shape index (κ1) is 19.9. The van der Waals surface area contributed by atoms with Crippen LogP contribution in [0.3, 0.4) is 0 Å². The number of halogens is 3. The van der Waals surface area contributed by atoms with Gasteiger partial charge in [-0.3, -0.25) is 9.59 Å². The van der Waals surface area contributed by atoms with Crippen molar-refractivity contribution < 1.29 is 22.8 Å². The number of carbonyl (C=O) groups excluding carboxylic acids is 2. The number of Topliss-reactive ketones (excluding diaryl/α,β-unsaturated/α-hetero) is 1. The summed E-state index contributed by atoms with van der Waals surface area (Å²) < 4.78 is 40.2. The molecule has 0 atom stereocenters.